The number of nitrogens with zero attached hydrogens (tertiary/aromatic N) is 2. The van der Waals surface area contributed by atoms with E-state index in [-0.39, 0.29) is 11.3 Å². The first-order valence-electron chi connectivity index (χ1n) is 10.9. The standard InChI is InChI=1S/C27H22N2O4S/c1-3-33-19-13-14-20-21(15-19)34-27(28-20)29-23(17-11-9-16(2)10-12-17)22(25(31)26(29)32)24(30)18-7-5-4-6-8-18/h4-15,23,30H,3H2,1-2H3/b24-22+/t23-/m0/s1. The van der Waals surface area contributed by atoms with Crippen LogP contribution in [-0.2, 0) is 9.59 Å². The molecule has 6 nitrogen and oxygen atoms in total. The summed E-state index contributed by atoms with van der Waals surface area (Å²) in [6, 6.07) is 21.1. The third-order valence-corrected chi connectivity index (χ3v) is 6.77. The van der Waals surface area contributed by atoms with Crippen LogP contribution in [0.2, 0.25) is 0 Å². The molecular weight excluding hydrogens is 448 g/mol. The minimum Gasteiger partial charge on any atom is -0.507 e. The fraction of sp³-hybridized carbons (Fsp3) is 0.148. The van der Waals surface area contributed by atoms with Gasteiger partial charge in [0, 0.05) is 5.56 Å². The van der Waals surface area contributed by atoms with Crippen molar-refractivity contribution >= 4 is 44.1 Å². The number of carbonyl (C=O) groups excluding carboxylic acids is 2. The summed E-state index contributed by atoms with van der Waals surface area (Å²) < 4.78 is 6.43. The van der Waals surface area contributed by atoms with Crippen molar-refractivity contribution in [3.63, 3.8) is 0 Å². The number of amides is 1. The molecule has 7 heteroatoms. The summed E-state index contributed by atoms with van der Waals surface area (Å²) in [7, 11) is 0. The van der Waals surface area contributed by atoms with E-state index < -0.39 is 17.7 Å². The monoisotopic (exact) mass is 470 g/mol. The lowest BCUT2D eigenvalue weighted by atomic mass is 9.95. The Morgan fingerprint density at radius 3 is 2.50 bits per heavy atom. The summed E-state index contributed by atoms with van der Waals surface area (Å²) in [4.78, 5) is 32.6. The molecule has 0 aliphatic carbocycles. The van der Waals surface area contributed by atoms with E-state index in [1.165, 1.54) is 16.2 Å². The summed E-state index contributed by atoms with van der Waals surface area (Å²) in [6.45, 7) is 4.42. The fourth-order valence-electron chi connectivity index (χ4n) is 4.10. The van der Waals surface area contributed by atoms with E-state index in [0.717, 1.165) is 15.8 Å². The van der Waals surface area contributed by atoms with Gasteiger partial charge in [0.2, 0.25) is 0 Å². The van der Waals surface area contributed by atoms with Crippen LogP contribution in [0.1, 0.15) is 29.7 Å². The molecule has 1 aromatic heterocycles. The third kappa shape index (κ3) is 3.74. The minimum absolute atomic E-state index is 0.0503. The van der Waals surface area contributed by atoms with E-state index in [1.807, 2.05) is 62.4 Å². The molecular formula is C27H22N2O4S. The topological polar surface area (TPSA) is 79.7 Å². The van der Waals surface area contributed by atoms with Crippen molar-refractivity contribution in [2.45, 2.75) is 19.9 Å². The van der Waals surface area contributed by atoms with Crippen molar-refractivity contribution in [1.29, 1.82) is 0 Å². The SMILES string of the molecule is CCOc1ccc2nc(N3C(=O)C(=O)/C(=C(/O)c4ccccc4)[C@@H]3c3ccc(C)cc3)sc2c1. The third-order valence-electron chi connectivity index (χ3n) is 5.75. The molecule has 1 atom stereocenters. The highest BCUT2D eigenvalue weighted by molar-refractivity contribution is 7.22. The number of hydrogen-bond donors (Lipinski definition) is 1. The van der Waals surface area contributed by atoms with Crippen LogP contribution in [0, 0.1) is 6.92 Å². The molecule has 0 unspecified atom stereocenters. The highest BCUT2D eigenvalue weighted by Crippen LogP contribution is 2.44. The number of benzene rings is 3. The predicted octanol–water partition coefficient (Wildman–Crippen LogP) is 5.63. The van der Waals surface area contributed by atoms with Gasteiger partial charge in [0.25, 0.3) is 5.78 Å². The summed E-state index contributed by atoms with van der Waals surface area (Å²) in [6.07, 6.45) is 0. The van der Waals surface area contributed by atoms with Gasteiger partial charge in [0.15, 0.2) is 5.13 Å². The van der Waals surface area contributed by atoms with Crippen LogP contribution < -0.4 is 9.64 Å². The number of aryl methyl sites for hydroxylation is 1. The maximum absolute atomic E-state index is 13.3. The molecule has 0 bridgehead atoms. The van der Waals surface area contributed by atoms with Crippen LogP contribution >= 0.6 is 11.3 Å². The molecule has 2 heterocycles. The van der Waals surface area contributed by atoms with Gasteiger partial charge in [-0.25, -0.2) is 4.98 Å². The van der Waals surface area contributed by atoms with Crippen molar-refractivity contribution < 1.29 is 19.4 Å². The first-order chi connectivity index (χ1) is 16.5. The number of thiazole rings is 1. The average molecular weight is 471 g/mol. The number of aromatic nitrogens is 1. The molecule has 5 rings (SSSR count). The second-order valence-corrected chi connectivity index (χ2v) is 9.01. The Balaban J connectivity index is 1.69. The molecule has 1 N–H and O–H groups in total. The Hall–Kier alpha value is -3.97. The first-order valence-corrected chi connectivity index (χ1v) is 11.8. The van der Waals surface area contributed by atoms with Crippen molar-refractivity contribution in [2.24, 2.45) is 0 Å². The summed E-state index contributed by atoms with van der Waals surface area (Å²) in [5, 5.41) is 11.5. The quantitative estimate of drug-likeness (QED) is 0.232. The zero-order chi connectivity index (χ0) is 23.8. The normalized spacial score (nSPS) is 17.5. The summed E-state index contributed by atoms with van der Waals surface area (Å²) >= 11 is 1.31. The van der Waals surface area contributed by atoms with Crippen LogP contribution in [0.15, 0.2) is 78.4 Å². The van der Waals surface area contributed by atoms with E-state index in [1.54, 1.807) is 24.3 Å². The number of anilines is 1. The maximum Gasteiger partial charge on any atom is 0.301 e. The number of rotatable bonds is 5. The molecule has 0 radical (unpaired) electrons. The lowest BCUT2D eigenvalue weighted by Gasteiger charge is -2.23. The Morgan fingerprint density at radius 2 is 1.79 bits per heavy atom. The zero-order valence-corrected chi connectivity index (χ0v) is 19.5. The first kappa shape index (κ1) is 21.9. The number of Topliss-reactive ketones (excluding diaryl/α,β-unsaturated/α-hetero) is 1. The van der Waals surface area contributed by atoms with Gasteiger partial charge in [0.05, 0.1) is 28.4 Å². The molecule has 3 aromatic carbocycles. The number of aliphatic hydroxyl groups is 1. The predicted molar refractivity (Wildman–Crippen MR) is 133 cm³/mol. The van der Waals surface area contributed by atoms with Crippen molar-refractivity contribution in [3.8, 4) is 5.75 Å². The molecule has 170 valence electrons. The number of aliphatic hydroxyl groups excluding tert-OH is 1. The zero-order valence-electron chi connectivity index (χ0n) is 18.7. The Morgan fingerprint density at radius 1 is 1.06 bits per heavy atom. The van der Waals surface area contributed by atoms with Gasteiger partial charge in [0.1, 0.15) is 11.5 Å². The summed E-state index contributed by atoms with van der Waals surface area (Å²) in [5.74, 6) is -0.938. The largest absolute Gasteiger partial charge is 0.507 e. The number of fused-ring (bicyclic) bond motifs is 1. The molecule has 0 spiro atoms. The van der Waals surface area contributed by atoms with E-state index in [0.29, 0.717) is 28.6 Å². The van der Waals surface area contributed by atoms with Crippen LogP contribution in [0.4, 0.5) is 5.13 Å². The molecule has 1 amide bonds. The smallest absolute Gasteiger partial charge is 0.301 e. The van der Waals surface area contributed by atoms with E-state index in [4.69, 9.17) is 4.74 Å². The molecule has 1 aliphatic heterocycles. The Labute approximate surface area is 200 Å². The van der Waals surface area contributed by atoms with E-state index >= 15 is 0 Å². The van der Waals surface area contributed by atoms with Crippen molar-refractivity contribution in [2.75, 3.05) is 11.5 Å². The van der Waals surface area contributed by atoms with Gasteiger partial charge in [-0.05, 0) is 37.6 Å². The Kier molecular flexibility index (Phi) is 5.63. The van der Waals surface area contributed by atoms with Gasteiger partial charge < -0.3 is 9.84 Å². The number of ketones is 1. The average Bonchev–Trinajstić information content (AvgIpc) is 3.38. The molecule has 1 saturated heterocycles. The van der Waals surface area contributed by atoms with Crippen molar-refractivity contribution in [3.05, 3.63) is 95.1 Å². The fourth-order valence-corrected chi connectivity index (χ4v) is 5.12. The highest BCUT2D eigenvalue weighted by atomic mass is 32.1. The van der Waals surface area contributed by atoms with Crippen LogP contribution in [0.3, 0.4) is 0 Å². The van der Waals surface area contributed by atoms with Gasteiger partial charge in [-0.2, -0.15) is 0 Å². The molecule has 1 fully saturated rings. The molecule has 34 heavy (non-hydrogen) atoms. The highest BCUT2D eigenvalue weighted by Gasteiger charge is 2.48. The van der Waals surface area contributed by atoms with Crippen LogP contribution in [0.25, 0.3) is 16.0 Å². The number of carbonyl (C=O) groups is 2. The second-order valence-electron chi connectivity index (χ2n) is 8.00. The van der Waals surface area contributed by atoms with Crippen LogP contribution in [-0.4, -0.2) is 28.4 Å². The molecule has 1 aliphatic rings. The van der Waals surface area contributed by atoms with Crippen molar-refractivity contribution in [1.82, 2.24) is 4.98 Å². The lowest BCUT2D eigenvalue weighted by Crippen LogP contribution is -2.29. The van der Waals surface area contributed by atoms with Crippen LogP contribution in [0.5, 0.6) is 5.75 Å². The lowest BCUT2D eigenvalue weighted by molar-refractivity contribution is -0.132. The number of hydrogen-bond acceptors (Lipinski definition) is 6. The second kappa shape index (κ2) is 8.76. The molecule has 0 saturated carbocycles. The Bertz CT molecular complexity index is 1420. The minimum atomic E-state index is -0.798. The van der Waals surface area contributed by atoms with E-state index in [9.17, 15) is 14.7 Å². The van der Waals surface area contributed by atoms with Gasteiger partial charge in [-0.3, -0.25) is 14.5 Å². The molecule has 4 aromatic rings. The summed E-state index contributed by atoms with van der Waals surface area (Å²) in [5.41, 5.74) is 3.00. The van der Waals surface area contributed by atoms with Gasteiger partial charge in [-0.1, -0.05) is 71.5 Å². The van der Waals surface area contributed by atoms with E-state index in [2.05, 4.69) is 4.98 Å². The van der Waals surface area contributed by atoms with Gasteiger partial charge >= 0.3 is 5.91 Å². The number of ether oxygens (including phenoxy) is 1. The van der Waals surface area contributed by atoms with Gasteiger partial charge in [-0.15, -0.1) is 0 Å². The maximum atomic E-state index is 13.3.